The Bertz CT molecular complexity index is 155. The third-order valence-corrected chi connectivity index (χ3v) is 1.03. The summed E-state index contributed by atoms with van der Waals surface area (Å²) in [6.45, 7) is -1.16. The standard InChI is InChI=1S/C7H12O5/c8-3-1-2-7(11)12-6(4-9)5-10/h6-11H,3-5H2. The first-order valence-corrected chi connectivity index (χ1v) is 3.39. The van der Waals surface area contributed by atoms with E-state index in [4.69, 9.17) is 20.4 Å². The maximum Gasteiger partial charge on any atom is 0.220 e. The summed E-state index contributed by atoms with van der Waals surface area (Å²) < 4.78 is 4.62. The Hall–Kier alpha value is -0.640. The van der Waals surface area contributed by atoms with Gasteiger partial charge in [0.15, 0.2) is 0 Å². The molecular formula is C7H12O5. The van der Waals surface area contributed by atoms with Gasteiger partial charge in [0.1, 0.15) is 12.7 Å². The number of aliphatic hydroxyl groups excluding tert-OH is 4. The molecule has 0 bridgehead atoms. The van der Waals surface area contributed by atoms with Crippen LogP contribution in [0.2, 0.25) is 0 Å². The summed E-state index contributed by atoms with van der Waals surface area (Å²) >= 11 is 0. The molecule has 0 amide bonds. The second kappa shape index (κ2) is 7.03. The van der Waals surface area contributed by atoms with Crippen molar-refractivity contribution in [1.82, 2.24) is 0 Å². The van der Waals surface area contributed by atoms with Crippen molar-refractivity contribution in [3.63, 3.8) is 0 Å². The molecule has 0 aliphatic rings. The normalized spacial score (nSPS) is 12.4. The molecule has 0 saturated carbocycles. The molecule has 0 saturated heterocycles. The van der Waals surface area contributed by atoms with E-state index in [1.807, 2.05) is 0 Å². The third kappa shape index (κ3) is 5.07. The highest BCUT2D eigenvalue weighted by atomic mass is 16.6. The minimum Gasteiger partial charge on any atom is -0.394 e. The lowest BCUT2D eigenvalue weighted by atomic mass is 10.4. The molecule has 0 aromatic carbocycles. The molecule has 0 aliphatic heterocycles. The van der Waals surface area contributed by atoms with E-state index < -0.39 is 25.6 Å². The van der Waals surface area contributed by atoms with E-state index in [2.05, 4.69) is 16.6 Å². The molecule has 0 radical (unpaired) electrons. The van der Waals surface area contributed by atoms with Crippen LogP contribution >= 0.6 is 0 Å². The monoisotopic (exact) mass is 176 g/mol. The van der Waals surface area contributed by atoms with E-state index in [-0.39, 0.29) is 6.61 Å². The van der Waals surface area contributed by atoms with Crippen molar-refractivity contribution in [3.05, 3.63) is 0 Å². The molecule has 12 heavy (non-hydrogen) atoms. The molecule has 0 aliphatic carbocycles. The predicted molar refractivity (Wildman–Crippen MR) is 39.9 cm³/mol. The van der Waals surface area contributed by atoms with Crippen LogP contribution in [0.5, 0.6) is 0 Å². The second-order valence-electron chi connectivity index (χ2n) is 1.95. The van der Waals surface area contributed by atoms with Gasteiger partial charge in [0, 0.05) is 0 Å². The Morgan fingerprint density at radius 1 is 1.17 bits per heavy atom. The Kier molecular flexibility index (Phi) is 6.66. The van der Waals surface area contributed by atoms with Gasteiger partial charge in [-0.3, -0.25) is 0 Å². The summed E-state index contributed by atoms with van der Waals surface area (Å²) in [4.78, 5) is 0. The molecule has 1 atom stereocenters. The smallest absolute Gasteiger partial charge is 0.220 e. The van der Waals surface area contributed by atoms with Crippen LogP contribution < -0.4 is 0 Å². The van der Waals surface area contributed by atoms with Crippen molar-refractivity contribution in [2.24, 2.45) is 0 Å². The Morgan fingerprint density at radius 2 is 1.75 bits per heavy atom. The molecule has 5 nitrogen and oxygen atoms in total. The molecule has 1 unspecified atom stereocenters. The topological polar surface area (TPSA) is 90.2 Å². The van der Waals surface area contributed by atoms with E-state index in [1.165, 1.54) is 0 Å². The van der Waals surface area contributed by atoms with Crippen LogP contribution in [-0.2, 0) is 4.74 Å². The van der Waals surface area contributed by atoms with E-state index >= 15 is 0 Å². The molecule has 0 spiro atoms. The van der Waals surface area contributed by atoms with Crippen molar-refractivity contribution in [3.8, 4) is 11.8 Å². The van der Waals surface area contributed by atoms with Crippen molar-refractivity contribution in [2.45, 2.75) is 12.4 Å². The van der Waals surface area contributed by atoms with E-state index in [1.54, 1.807) is 0 Å². The summed E-state index contributed by atoms with van der Waals surface area (Å²) in [5.74, 6) is 4.31. The average Bonchev–Trinajstić information content (AvgIpc) is 2.10. The van der Waals surface area contributed by atoms with E-state index in [9.17, 15) is 0 Å². The Labute approximate surface area is 70.2 Å². The number of rotatable bonds is 4. The molecule has 0 aromatic rings. The van der Waals surface area contributed by atoms with Gasteiger partial charge < -0.3 is 25.2 Å². The molecule has 0 fully saturated rings. The highest BCUT2D eigenvalue weighted by Gasteiger charge is 2.09. The minimum atomic E-state index is -1.39. The van der Waals surface area contributed by atoms with Gasteiger partial charge in [-0.1, -0.05) is 5.92 Å². The molecule has 0 aromatic heterocycles. The Morgan fingerprint density at radius 3 is 2.17 bits per heavy atom. The fraction of sp³-hybridized carbons (Fsp3) is 0.714. The SMILES string of the molecule is OCC#CC(O)OC(CO)CO. The lowest BCUT2D eigenvalue weighted by molar-refractivity contribution is -0.126. The fourth-order valence-corrected chi connectivity index (χ4v) is 0.493. The van der Waals surface area contributed by atoms with Crippen LogP contribution in [0.3, 0.4) is 0 Å². The summed E-state index contributed by atoms with van der Waals surface area (Å²) in [6.07, 6.45) is -2.23. The van der Waals surface area contributed by atoms with E-state index in [0.717, 1.165) is 0 Å². The largest absolute Gasteiger partial charge is 0.394 e. The first-order valence-electron chi connectivity index (χ1n) is 3.39. The van der Waals surface area contributed by atoms with Gasteiger partial charge in [-0.2, -0.15) is 0 Å². The number of hydrogen-bond donors (Lipinski definition) is 4. The maximum absolute atomic E-state index is 8.88. The molecular weight excluding hydrogens is 164 g/mol. The first kappa shape index (κ1) is 11.4. The summed E-state index contributed by atoms with van der Waals surface area (Å²) in [7, 11) is 0. The van der Waals surface area contributed by atoms with Crippen LogP contribution in [0.25, 0.3) is 0 Å². The van der Waals surface area contributed by atoms with Gasteiger partial charge >= 0.3 is 0 Å². The zero-order valence-corrected chi connectivity index (χ0v) is 6.47. The highest BCUT2D eigenvalue weighted by molar-refractivity contribution is 5.01. The zero-order valence-electron chi connectivity index (χ0n) is 6.47. The minimum absolute atomic E-state index is 0.372. The summed E-state index contributed by atoms with van der Waals surface area (Å²) in [5, 5.41) is 34.1. The second-order valence-corrected chi connectivity index (χ2v) is 1.95. The van der Waals surface area contributed by atoms with Gasteiger partial charge in [-0.15, -0.1) is 0 Å². The van der Waals surface area contributed by atoms with E-state index in [0.29, 0.717) is 0 Å². The lowest BCUT2D eigenvalue weighted by Crippen LogP contribution is -2.27. The van der Waals surface area contributed by atoms with Crippen LogP contribution in [0.15, 0.2) is 0 Å². The van der Waals surface area contributed by atoms with Crippen molar-refractivity contribution in [2.75, 3.05) is 19.8 Å². The predicted octanol–water partition coefficient (Wildman–Crippen LogP) is -2.33. The number of hydrogen-bond acceptors (Lipinski definition) is 5. The lowest BCUT2D eigenvalue weighted by Gasteiger charge is -2.13. The molecule has 4 N–H and O–H groups in total. The molecule has 0 rings (SSSR count). The highest BCUT2D eigenvalue weighted by Crippen LogP contribution is 1.93. The summed E-state index contributed by atoms with van der Waals surface area (Å²) in [5.41, 5.74) is 0. The summed E-state index contributed by atoms with van der Waals surface area (Å²) in [6, 6.07) is 0. The van der Waals surface area contributed by atoms with Gasteiger partial charge in [0.05, 0.1) is 13.2 Å². The van der Waals surface area contributed by atoms with Gasteiger partial charge in [-0.25, -0.2) is 0 Å². The molecule has 70 valence electrons. The third-order valence-electron chi connectivity index (χ3n) is 1.03. The fourth-order valence-electron chi connectivity index (χ4n) is 0.493. The van der Waals surface area contributed by atoms with Crippen molar-refractivity contribution < 1.29 is 25.2 Å². The van der Waals surface area contributed by atoms with Crippen LogP contribution in [-0.4, -0.2) is 52.6 Å². The quantitative estimate of drug-likeness (QED) is 0.285. The Balaban J connectivity index is 3.73. The van der Waals surface area contributed by atoms with Crippen molar-refractivity contribution >= 4 is 0 Å². The van der Waals surface area contributed by atoms with Gasteiger partial charge in [0.25, 0.3) is 0 Å². The van der Waals surface area contributed by atoms with Gasteiger partial charge in [0.2, 0.25) is 6.29 Å². The van der Waals surface area contributed by atoms with Crippen LogP contribution in [0.4, 0.5) is 0 Å². The van der Waals surface area contributed by atoms with Gasteiger partial charge in [-0.05, 0) is 5.92 Å². The first-order chi connectivity index (χ1) is 5.74. The average molecular weight is 176 g/mol. The number of ether oxygens (including phenoxy) is 1. The molecule has 5 heteroatoms. The zero-order chi connectivity index (χ0) is 9.40. The molecule has 0 heterocycles. The van der Waals surface area contributed by atoms with Crippen LogP contribution in [0, 0.1) is 11.8 Å². The van der Waals surface area contributed by atoms with Crippen molar-refractivity contribution in [1.29, 1.82) is 0 Å². The van der Waals surface area contributed by atoms with Crippen LogP contribution in [0.1, 0.15) is 0 Å². The maximum atomic E-state index is 8.88. The number of aliphatic hydroxyl groups is 4.